The van der Waals surface area contributed by atoms with Crippen LogP contribution in [-0.4, -0.2) is 35.0 Å². The number of benzene rings is 2. The molecule has 1 heterocycles. The van der Waals surface area contributed by atoms with E-state index >= 15 is 0 Å². The lowest BCUT2D eigenvalue weighted by atomic mass is 9.78. The molecule has 7 nitrogen and oxygen atoms in total. The standard InChI is InChI=1S/C32H39N3O4/c1-31(2,3)25-16-21(17-26(28(25)36)32(4,5)6)29(37)35-22-10-8-19-9-11-23(15-20(19)14-22)39-24-12-13-34-27(18-24)30(38)33-7/h9,11-13,15-18,22,36H,8,10,14H2,1-7H3,(H,33,38)(H,35,37). The molecule has 0 bridgehead atoms. The highest BCUT2D eigenvalue weighted by molar-refractivity contribution is 5.95. The van der Waals surface area contributed by atoms with Gasteiger partial charge in [-0.15, -0.1) is 0 Å². The average Bonchev–Trinajstić information content (AvgIpc) is 2.86. The van der Waals surface area contributed by atoms with Crippen molar-refractivity contribution >= 4 is 11.8 Å². The van der Waals surface area contributed by atoms with Crippen LogP contribution < -0.4 is 15.4 Å². The van der Waals surface area contributed by atoms with Crippen molar-refractivity contribution in [3.8, 4) is 17.2 Å². The number of phenolic OH excluding ortho intramolecular Hbond substituents is 1. The first-order valence-corrected chi connectivity index (χ1v) is 13.4. The summed E-state index contributed by atoms with van der Waals surface area (Å²) in [6, 6.07) is 12.9. The van der Waals surface area contributed by atoms with Gasteiger partial charge in [0.2, 0.25) is 0 Å². The minimum Gasteiger partial charge on any atom is -0.507 e. The molecule has 0 radical (unpaired) electrons. The topological polar surface area (TPSA) is 101 Å². The molecule has 1 aliphatic carbocycles. The Kier molecular flexibility index (Phi) is 7.73. The van der Waals surface area contributed by atoms with E-state index in [1.807, 2.05) is 65.8 Å². The van der Waals surface area contributed by atoms with Crippen molar-refractivity contribution < 1.29 is 19.4 Å². The number of pyridine rings is 1. The normalized spacial score (nSPS) is 15.3. The number of carbonyl (C=O) groups is 2. The van der Waals surface area contributed by atoms with E-state index in [1.165, 1.54) is 5.56 Å². The Bertz CT molecular complexity index is 1360. The van der Waals surface area contributed by atoms with Crippen molar-refractivity contribution in [3.05, 3.63) is 82.2 Å². The van der Waals surface area contributed by atoms with Crippen LogP contribution >= 0.6 is 0 Å². The van der Waals surface area contributed by atoms with Crippen LogP contribution in [0, 0.1) is 0 Å². The van der Waals surface area contributed by atoms with Gasteiger partial charge < -0.3 is 20.5 Å². The van der Waals surface area contributed by atoms with Crippen molar-refractivity contribution in [2.45, 2.75) is 77.7 Å². The third-order valence-electron chi connectivity index (χ3n) is 7.16. The van der Waals surface area contributed by atoms with Gasteiger partial charge in [-0.1, -0.05) is 47.6 Å². The van der Waals surface area contributed by atoms with Gasteiger partial charge >= 0.3 is 0 Å². The summed E-state index contributed by atoms with van der Waals surface area (Å²) in [6.45, 7) is 12.2. The van der Waals surface area contributed by atoms with Gasteiger partial charge in [0.1, 0.15) is 22.9 Å². The summed E-state index contributed by atoms with van der Waals surface area (Å²) in [5, 5.41) is 16.8. The van der Waals surface area contributed by atoms with Crippen molar-refractivity contribution in [2.75, 3.05) is 7.05 Å². The lowest BCUT2D eigenvalue weighted by molar-refractivity contribution is 0.0931. The molecule has 1 atom stereocenters. The van der Waals surface area contributed by atoms with Gasteiger partial charge in [0.05, 0.1) is 0 Å². The number of ether oxygens (including phenoxy) is 1. The number of amides is 2. The fourth-order valence-corrected chi connectivity index (χ4v) is 4.96. The van der Waals surface area contributed by atoms with Crippen molar-refractivity contribution in [2.24, 2.45) is 0 Å². The van der Waals surface area contributed by atoms with E-state index in [9.17, 15) is 14.7 Å². The second-order valence-electron chi connectivity index (χ2n) is 12.3. The lowest BCUT2D eigenvalue weighted by Crippen LogP contribution is -2.39. The van der Waals surface area contributed by atoms with Crippen LogP contribution in [0.2, 0.25) is 0 Å². The number of hydrogen-bond acceptors (Lipinski definition) is 5. The molecule has 0 spiro atoms. The van der Waals surface area contributed by atoms with Gasteiger partial charge in [-0.3, -0.25) is 14.6 Å². The molecule has 0 aliphatic heterocycles. The quantitative estimate of drug-likeness (QED) is 0.387. The highest BCUT2D eigenvalue weighted by atomic mass is 16.5. The molecule has 0 saturated carbocycles. The molecule has 2 amide bonds. The van der Waals surface area contributed by atoms with E-state index in [2.05, 4.69) is 21.7 Å². The first-order valence-electron chi connectivity index (χ1n) is 13.4. The third kappa shape index (κ3) is 6.41. The number of phenols is 1. The van der Waals surface area contributed by atoms with Crippen molar-refractivity contribution in [3.63, 3.8) is 0 Å². The molecule has 3 aromatic rings. The number of nitrogens with one attached hydrogen (secondary N) is 2. The molecule has 7 heteroatoms. The highest BCUT2D eigenvalue weighted by Gasteiger charge is 2.29. The Hall–Kier alpha value is -3.87. The van der Waals surface area contributed by atoms with Gasteiger partial charge in [-0.25, -0.2) is 0 Å². The van der Waals surface area contributed by atoms with Crippen LogP contribution in [0.15, 0.2) is 48.7 Å². The summed E-state index contributed by atoms with van der Waals surface area (Å²) < 4.78 is 6.04. The molecule has 0 saturated heterocycles. The van der Waals surface area contributed by atoms with Gasteiger partial charge in [0, 0.05) is 42.0 Å². The zero-order valence-corrected chi connectivity index (χ0v) is 23.9. The Labute approximate surface area is 231 Å². The van der Waals surface area contributed by atoms with E-state index in [0.717, 1.165) is 29.5 Å². The number of fused-ring (bicyclic) bond motifs is 1. The molecule has 206 valence electrons. The maximum absolute atomic E-state index is 13.5. The van der Waals surface area contributed by atoms with E-state index in [4.69, 9.17) is 4.74 Å². The molecular formula is C32H39N3O4. The Morgan fingerprint density at radius 2 is 1.54 bits per heavy atom. The zero-order chi connectivity index (χ0) is 28.5. The minimum atomic E-state index is -0.309. The summed E-state index contributed by atoms with van der Waals surface area (Å²) in [6.07, 6.45) is 3.93. The Morgan fingerprint density at radius 1 is 0.897 bits per heavy atom. The SMILES string of the molecule is CNC(=O)c1cc(Oc2ccc3c(c2)CC(NC(=O)c2cc(C(C)(C)C)c(O)c(C(C)(C)C)c2)CC3)ccn1. The predicted octanol–water partition coefficient (Wildman–Crippen LogP) is 5.82. The zero-order valence-electron chi connectivity index (χ0n) is 23.9. The molecular weight excluding hydrogens is 490 g/mol. The largest absolute Gasteiger partial charge is 0.507 e. The first kappa shape index (κ1) is 28.1. The maximum atomic E-state index is 13.5. The number of aromatic hydroxyl groups is 1. The molecule has 1 aromatic heterocycles. The Morgan fingerprint density at radius 3 is 2.15 bits per heavy atom. The smallest absolute Gasteiger partial charge is 0.269 e. The molecule has 0 fully saturated rings. The highest BCUT2D eigenvalue weighted by Crippen LogP contribution is 2.40. The lowest BCUT2D eigenvalue weighted by Gasteiger charge is -2.29. The second-order valence-corrected chi connectivity index (χ2v) is 12.3. The molecule has 39 heavy (non-hydrogen) atoms. The fraction of sp³-hybridized carbons (Fsp3) is 0.406. The summed E-state index contributed by atoms with van der Waals surface area (Å²) in [5.74, 6) is 1.05. The van der Waals surface area contributed by atoms with Crippen LogP contribution in [0.1, 0.15) is 91.1 Å². The van der Waals surface area contributed by atoms with Crippen molar-refractivity contribution in [1.82, 2.24) is 15.6 Å². The summed E-state index contributed by atoms with van der Waals surface area (Å²) >= 11 is 0. The molecule has 1 unspecified atom stereocenters. The van der Waals surface area contributed by atoms with Crippen LogP contribution in [0.25, 0.3) is 0 Å². The molecule has 1 aliphatic rings. The number of hydrogen-bond donors (Lipinski definition) is 3. The molecule has 3 N–H and O–H groups in total. The van der Waals surface area contributed by atoms with Crippen molar-refractivity contribution in [1.29, 1.82) is 0 Å². The van der Waals surface area contributed by atoms with E-state index in [0.29, 0.717) is 23.5 Å². The molecule has 4 rings (SSSR count). The summed E-state index contributed by atoms with van der Waals surface area (Å²) in [4.78, 5) is 29.5. The fourth-order valence-electron chi connectivity index (χ4n) is 4.96. The number of nitrogens with zero attached hydrogens (tertiary/aromatic N) is 1. The summed E-state index contributed by atoms with van der Waals surface area (Å²) in [7, 11) is 1.56. The first-order chi connectivity index (χ1) is 18.3. The van der Waals surface area contributed by atoms with Gasteiger partial charge in [0.15, 0.2) is 0 Å². The van der Waals surface area contributed by atoms with Gasteiger partial charge in [-0.05, 0) is 71.6 Å². The van der Waals surface area contributed by atoms with E-state index in [1.54, 1.807) is 25.4 Å². The number of carbonyl (C=O) groups excluding carboxylic acids is 2. The third-order valence-corrected chi connectivity index (χ3v) is 7.16. The minimum absolute atomic E-state index is 0.0222. The monoisotopic (exact) mass is 529 g/mol. The Balaban J connectivity index is 1.52. The number of aryl methyl sites for hydroxylation is 1. The van der Waals surface area contributed by atoms with Crippen LogP contribution in [0.5, 0.6) is 17.2 Å². The average molecular weight is 530 g/mol. The number of aromatic nitrogens is 1. The van der Waals surface area contributed by atoms with E-state index < -0.39 is 0 Å². The van der Waals surface area contributed by atoms with Crippen LogP contribution in [0.4, 0.5) is 0 Å². The van der Waals surface area contributed by atoms with E-state index in [-0.39, 0.29) is 40.1 Å². The van der Waals surface area contributed by atoms with Crippen LogP contribution in [-0.2, 0) is 23.7 Å². The van der Waals surface area contributed by atoms with Gasteiger partial charge in [0.25, 0.3) is 11.8 Å². The maximum Gasteiger partial charge on any atom is 0.269 e. The summed E-state index contributed by atoms with van der Waals surface area (Å²) in [5.41, 5.74) is 4.14. The van der Waals surface area contributed by atoms with Crippen LogP contribution in [0.3, 0.4) is 0 Å². The number of rotatable bonds is 5. The second kappa shape index (κ2) is 10.7. The molecule has 2 aromatic carbocycles. The predicted molar refractivity (Wildman–Crippen MR) is 153 cm³/mol. The van der Waals surface area contributed by atoms with Gasteiger partial charge in [-0.2, -0.15) is 0 Å².